The topological polar surface area (TPSA) is 81.8 Å². The Bertz CT molecular complexity index is 392. The van der Waals surface area contributed by atoms with Crippen LogP contribution in [-0.2, 0) is 0 Å². The number of nitro benzene ring substituents is 1. The molecule has 0 aromatic heterocycles. The van der Waals surface area contributed by atoms with Crippen molar-refractivity contribution in [2.24, 2.45) is 0 Å². The average molecular weight is 211 g/mol. The van der Waals surface area contributed by atoms with E-state index in [4.69, 9.17) is 14.6 Å². The van der Waals surface area contributed by atoms with E-state index in [1.54, 1.807) is 0 Å². The lowest BCUT2D eigenvalue weighted by atomic mass is 10.2. The quantitative estimate of drug-likeness (QED) is 0.576. The van der Waals surface area contributed by atoms with Gasteiger partial charge in [-0.05, 0) is 6.07 Å². The molecule has 0 aliphatic carbocycles. The maximum absolute atomic E-state index is 10.5. The van der Waals surface area contributed by atoms with Crippen LogP contribution in [-0.4, -0.2) is 29.3 Å². The highest BCUT2D eigenvalue weighted by molar-refractivity contribution is 5.49. The van der Waals surface area contributed by atoms with E-state index in [1.807, 2.05) is 0 Å². The lowest BCUT2D eigenvalue weighted by Gasteiger charge is -2.24. The summed E-state index contributed by atoms with van der Waals surface area (Å²) in [5.41, 5.74) is -0.0419. The van der Waals surface area contributed by atoms with E-state index in [0.717, 1.165) is 0 Å². The molecule has 0 spiro atoms. The third-order valence-electron chi connectivity index (χ3n) is 2.06. The zero-order valence-electron chi connectivity index (χ0n) is 7.75. The van der Waals surface area contributed by atoms with Crippen LogP contribution >= 0.6 is 0 Å². The maximum atomic E-state index is 10.5. The number of nitro groups is 1. The Labute approximate surface area is 85.2 Å². The summed E-state index contributed by atoms with van der Waals surface area (Å²) < 4.78 is 10.5. The maximum Gasteiger partial charge on any atom is 0.273 e. The monoisotopic (exact) mass is 211 g/mol. The van der Waals surface area contributed by atoms with E-state index < -0.39 is 11.0 Å². The first-order chi connectivity index (χ1) is 7.20. The average Bonchev–Trinajstić information content (AvgIpc) is 2.27. The van der Waals surface area contributed by atoms with Crippen molar-refractivity contribution in [3.05, 3.63) is 28.3 Å². The summed E-state index contributed by atoms with van der Waals surface area (Å²) in [5.74, 6) is 0.764. The highest BCUT2D eigenvalue weighted by Gasteiger charge is 2.22. The lowest BCUT2D eigenvalue weighted by Crippen LogP contribution is -2.32. The van der Waals surface area contributed by atoms with Crippen molar-refractivity contribution in [2.45, 2.75) is 6.10 Å². The molecule has 15 heavy (non-hydrogen) atoms. The molecule has 1 atom stereocenters. The Morgan fingerprint density at radius 3 is 3.00 bits per heavy atom. The van der Waals surface area contributed by atoms with Gasteiger partial charge in [-0.15, -0.1) is 0 Å². The molecule has 0 fully saturated rings. The summed E-state index contributed by atoms with van der Waals surface area (Å²) in [6.07, 6.45) is -0.404. The van der Waals surface area contributed by atoms with Crippen LogP contribution in [0.3, 0.4) is 0 Å². The Morgan fingerprint density at radius 1 is 1.53 bits per heavy atom. The standard InChI is InChI=1S/C9H9NO5/c11-4-7-5-14-9-3-6(10(12)13)1-2-8(9)15-7/h1-3,7,11H,4-5H2/t7-/m1/s1. The number of nitrogens with zero attached hydrogens (tertiary/aromatic N) is 1. The smallest absolute Gasteiger partial charge is 0.273 e. The molecule has 1 N–H and O–H groups in total. The van der Waals surface area contributed by atoms with Crippen LogP contribution in [0.25, 0.3) is 0 Å². The molecule has 0 saturated heterocycles. The van der Waals surface area contributed by atoms with Gasteiger partial charge in [-0.2, -0.15) is 0 Å². The van der Waals surface area contributed by atoms with Crippen molar-refractivity contribution in [2.75, 3.05) is 13.2 Å². The normalized spacial score (nSPS) is 18.6. The van der Waals surface area contributed by atoms with Gasteiger partial charge in [0.1, 0.15) is 6.61 Å². The van der Waals surface area contributed by atoms with Crippen LogP contribution in [0.1, 0.15) is 0 Å². The van der Waals surface area contributed by atoms with E-state index in [9.17, 15) is 10.1 Å². The summed E-state index contributed by atoms with van der Waals surface area (Å²) in [4.78, 5) is 9.98. The molecule has 0 saturated carbocycles. The van der Waals surface area contributed by atoms with Gasteiger partial charge in [0.25, 0.3) is 5.69 Å². The molecule has 0 unspecified atom stereocenters. The zero-order valence-corrected chi connectivity index (χ0v) is 7.75. The Balaban J connectivity index is 2.28. The molecule has 1 aromatic carbocycles. The van der Waals surface area contributed by atoms with Crippen LogP contribution < -0.4 is 9.47 Å². The van der Waals surface area contributed by atoms with Gasteiger partial charge in [0.15, 0.2) is 17.6 Å². The van der Waals surface area contributed by atoms with Gasteiger partial charge < -0.3 is 14.6 Å². The molecule has 6 heteroatoms. The molecule has 6 nitrogen and oxygen atoms in total. The van der Waals surface area contributed by atoms with Gasteiger partial charge in [0.05, 0.1) is 17.6 Å². The minimum absolute atomic E-state index is 0.0419. The molecule has 0 radical (unpaired) electrons. The van der Waals surface area contributed by atoms with Crippen LogP contribution in [0, 0.1) is 10.1 Å². The van der Waals surface area contributed by atoms with E-state index >= 15 is 0 Å². The predicted octanol–water partition coefficient (Wildman–Crippen LogP) is 0.727. The van der Waals surface area contributed by atoms with Gasteiger partial charge in [-0.1, -0.05) is 0 Å². The zero-order chi connectivity index (χ0) is 10.8. The van der Waals surface area contributed by atoms with Crippen molar-refractivity contribution in [1.29, 1.82) is 0 Å². The van der Waals surface area contributed by atoms with Gasteiger partial charge in [0.2, 0.25) is 0 Å². The summed E-state index contributed by atoms with van der Waals surface area (Å²) in [5, 5.41) is 19.3. The number of non-ortho nitro benzene ring substituents is 1. The number of benzene rings is 1. The molecule has 1 aliphatic rings. The number of hydrogen-bond acceptors (Lipinski definition) is 5. The second-order valence-electron chi connectivity index (χ2n) is 3.12. The fourth-order valence-corrected chi connectivity index (χ4v) is 1.31. The summed E-state index contributed by atoms with van der Waals surface area (Å²) in [6, 6.07) is 4.11. The molecule has 0 bridgehead atoms. The van der Waals surface area contributed by atoms with E-state index in [2.05, 4.69) is 0 Å². The molecule has 1 aliphatic heterocycles. The second kappa shape index (κ2) is 3.74. The lowest BCUT2D eigenvalue weighted by molar-refractivity contribution is -0.385. The van der Waals surface area contributed by atoms with Crippen molar-refractivity contribution in [3.8, 4) is 11.5 Å². The minimum atomic E-state index is -0.498. The summed E-state index contributed by atoms with van der Waals surface area (Å²) in [6.45, 7) is 0.0566. The van der Waals surface area contributed by atoms with Crippen molar-refractivity contribution >= 4 is 5.69 Å². The van der Waals surface area contributed by atoms with Crippen molar-refractivity contribution < 1.29 is 19.5 Å². The van der Waals surface area contributed by atoms with Crippen LogP contribution in [0.4, 0.5) is 5.69 Å². The fourth-order valence-electron chi connectivity index (χ4n) is 1.31. The van der Waals surface area contributed by atoms with Crippen LogP contribution in [0.15, 0.2) is 18.2 Å². The van der Waals surface area contributed by atoms with E-state index in [1.165, 1.54) is 18.2 Å². The Morgan fingerprint density at radius 2 is 2.33 bits per heavy atom. The molecular formula is C9H9NO5. The number of rotatable bonds is 2. The highest BCUT2D eigenvalue weighted by atomic mass is 16.6. The number of hydrogen-bond donors (Lipinski definition) is 1. The van der Waals surface area contributed by atoms with E-state index in [-0.39, 0.29) is 18.9 Å². The third kappa shape index (κ3) is 1.84. The molecule has 1 heterocycles. The van der Waals surface area contributed by atoms with Crippen molar-refractivity contribution in [1.82, 2.24) is 0 Å². The number of fused-ring (bicyclic) bond motifs is 1. The minimum Gasteiger partial charge on any atom is -0.485 e. The number of aliphatic hydroxyl groups is 1. The second-order valence-corrected chi connectivity index (χ2v) is 3.12. The van der Waals surface area contributed by atoms with Crippen LogP contribution in [0.2, 0.25) is 0 Å². The summed E-state index contributed by atoms with van der Waals surface area (Å²) >= 11 is 0. The SMILES string of the molecule is O=[N+]([O-])c1ccc2c(c1)OC[C@@H](CO)O2. The Kier molecular flexibility index (Phi) is 2.42. The predicted molar refractivity (Wildman–Crippen MR) is 50.1 cm³/mol. The molecule has 2 rings (SSSR count). The largest absolute Gasteiger partial charge is 0.485 e. The first kappa shape index (κ1) is 9.72. The van der Waals surface area contributed by atoms with Gasteiger partial charge >= 0.3 is 0 Å². The molecule has 80 valence electrons. The summed E-state index contributed by atoms with van der Waals surface area (Å²) in [7, 11) is 0. The molecular weight excluding hydrogens is 202 g/mol. The Hall–Kier alpha value is -1.82. The highest BCUT2D eigenvalue weighted by Crippen LogP contribution is 2.34. The van der Waals surface area contributed by atoms with Crippen LogP contribution in [0.5, 0.6) is 11.5 Å². The van der Waals surface area contributed by atoms with E-state index in [0.29, 0.717) is 11.5 Å². The molecule has 1 aromatic rings. The fraction of sp³-hybridized carbons (Fsp3) is 0.333. The number of aliphatic hydroxyl groups excluding tert-OH is 1. The first-order valence-electron chi connectivity index (χ1n) is 4.39. The van der Waals surface area contributed by atoms with Gasteiger partial charge in [-0.3, -0.25) is 10.1 Å². The third-order valence-corrected chi connectivity index (χ3v) is 2.06. The molecule has 0 amide bonds. The van der Waals surface area contributed by atoms with Gasteiger partial charge in [-0.25, -0.2) is 0 Å². The number of ether oxygens (including phenoxy) is 2. The van der Waals surface area contributed by atoms with Gasteiger partial charge in [0, 0.05) is 6.07 Å². The van der Waals surface area contributed by atoms with Crippen molar-refractivity contribution in [3.63, 3.8) is 0 Å². The first-order valence-corrected chi connectivity index (χ1v) is 4.39.